The molecule has 5 N–H and O–H groups in total. The van der Waals surface area contributed by atoms with Crippen LogP contribution in [0.1, 0.15) is 61.6 Å². The predicted octanol–water partition coefficient (Wildman–Crippen LogP) is 5.76. The number of benzene rings is 1. The molecule has 2 aromatic rings. The molecule has 0 spiro atoms. The largest absolute Gasteiger partial charge is 0.417 e. The van der Waals surface area contributed by atoms with E-state index in [0.717, 1.165) is 28.8 Å². The molecule has 5 rings (SSSR count). The van der Waals surface area contributed by atoms with Gasteiger partial charge in [-0.15, -0.1) is 0 Å². The number of aliphatic imine (C=N–C) groups is 1. The number of hydrogen-bond donors (Lipinski definition) is 4. The van der Waals surface area contributed by atoms with Crippen molar-refractivity contribution in [2.45, 2.75) is 56.7 Å². The second-order valence-corrected chi connectivity index (χ2v) is 10.2. The summed E-state index contributed by atoms with van der Waals surface area (Å²) in [5.41, 5.74) is 7.68. The van der Waals surface area contributed by atoms with Crippen molar-refractivity contribution in [2.75, 3.05) is 20.1 Å². The molecule has 0 radical (unpaired) electrons. The van der Waals surface area contributed by atoms with Crippen LogP contribution in [0.5, 0.6) is 0 Å². The lowest BCUT2D eigenvalue weighted by molar-refractivity contribution is -0.137. The third kappa shape index (κ3) is 5.90. The number of halogens is 4. The third-order valence-electron chi connectivity index (χ3n) is 7.35. The first-order valence-corrected chi connectivity index (χ1v) is 12.7. The molecule has 1 aromatic heterocycles. The van der Waals surface area contributed by atoms with E-state index < -0.39 is 17.3 Å². The second kappa shape index (κ2) is 10.9. The standard InChI is InChI=1S/C13H15ClF3NO.C13H18N4/c1-18-6-4-12(19,5-7-18)9-2-3-11(14)10(8-9)13(15,16)17;14-11(9-4-2-1-3-5-9)12-10-6-7-15-13(10)17-8-16-12/h2-3,8,19H,4-7H2,1H3;6-9,15H,1-5,14H2,(H,16,17)/b;12-11-. The van der Waals surface area contributed by atoms with Crippen molar-refractivity contribution >= 4 is 29.5 Å². The van der Waals surface area contributed by atoms with E-state index in [2.05, 4.69) is 15.3 Å². The third-order valence-corrected chi connectivity index (χ3v) is 7.68. The van der Waals surface area contributed by atoms with Gasteiger partial charge in [-0.05, 0) is 56.5 Å². The van der Waals surface area contributed by atoms with Crippen LogP contribution in [0, 0.1) is 5.92 Å². The van der Waals surface area contributed by atoms with Gasteiger partial charge in [-0.1, -0.05) is 36.9 Å². The van der Waals surface area contributed by atoms with E-state index >= 15 is 0 Å². The van der Waals surface area contributed by atoms with Gasteiger partial charge in [-0.2, -0.15) is 13.2 Å². The lowest BCUT2D eigenvalue weighted by atomic mass is 9.84. The Morgan fingerprint density at radius 1 is 1.17 bits per heavy atom. The number of aliphatic hydroxyl groups is 1. The number of fused-ring (bicyclic) bond motifs is 1. The Bertz CT molecular complexity index is 1110. The van der Waals surface area contributed by atoms with Gasteiger partial charge in [0.15, 0.2) is 0 Å². The van der Waals surface area contributed by atoms with E-state index in [-0.39, 0.29) is 10.6 Å². The molecule has 36 heavy (non-hydrogen) atoms. The zero-order valence-corrected chi connectivity index (χ0v) is 21.1. The van der Waals surface area contributed by atoms with E-state index in [0.29, 0.717) is 31.8 Å². The van der Waals surface area contributed by atoms with Crippen LogP contribution in [0.15, 0.2) is 41.2 Å². The number of H-pyrrole nitrogens is 1. The van der Waals surface area contributed by atoms with Crippen molar-refractivity contribution in [1.29, 1.82) is 0 Å². The molecular formula is C26H33ClF3N5O. The van der Waals surface area contributed by atoms with Crippen LogP contribution in [-0.4, -0.2) is 41.5 Å². The molecule has 2 fully saturated rings. The van der Waals surface area contributed by atoms with Gasteiger partial charge in [0.1, 0.15) is 5.82 Å². The number of aromatic amines is 1. The minimum Gasteiger partial charge on any atom is -0.400 e. The highest BCUT2D eigenvalue weighted by Crippen LogP contribution is 2.40. The molecule has 10 heteroatoms. The van der Waals surface area contributed by atoms with Gasteiger partial charge < -0.3 is 26.0 Å². The number of nitrogens with one attached hydrogen (secondary N) is 2. The number of aromatic nitrogens is 1. The number of allylic oxidation sites excluding steroid dienone is 1. The summed E-state index contributed by atoms with van der Waals surface area (Å²) in [6, 6.07) is 5.68. The Labute approximate surface area is 214 Å². The lowest BCUT2D eigenvalue weighted by Crippen LogP contribution is -2.40. The topological polar surface area (TPSA) is 89.7 Å². The molecule has 0 amide bonds. The van der Waals surface area contributed by atoms with Crippen LogP contribution in [0.3, 0.4) is 0 Å². The number of piperidine rings is 1. The zero-order valence-electron chi connectivity index (χ0n) is 20.3. The van der Waals surface area contributed by atoms with Crippen LogP contribution in [-0.2, 0) is 11.8 Å². The smallest absolute Gasteiger partial charge is 0.400 e. The number of rotatable bonds is 2. The van der Waals surface area contributed by atoms with Gasteiger partial charge in [0.25, 0.3) is 0 Å². The second-order valence-electron chi connectivity index (χ2n) is 9.84. The molecule has 0 atom stereocenters. The van der Waals surface area contributed by atoms with Crippen molar-refractivity contribution in [1.82, 2.24) is 15.2 Å². The summed E-state index contributed by atoms with van der Waals surface area (Å²) >= 11 is 5.58. The van der Waals surface area contributed by atoms with Crippen molar-refractivity contribution in [3.8, 4) is 0 Å². The zero-order chi connectivity index (χ0) is 25.9. The average Bonchev–Trinajstić information content (AvgIpc) is 3.35. The molecule has 1 aliphatic carbocycles. The fraction of sp³-hybridized carbons (Fsp3) is 0.500. The van der Waals surface area contributed by atoms with Gasteiger partial charge in [0.2, 0.25) is 0 Å². The van der Waals surface area contributed by atoms with Crippen LogP contribution >= 0.6 is 11.6 Å². The minimum atomic E-state index is -4.51. The van der Waals surface area contributed by atoms with Crippen molar-refractivity contribution in [3.63, 3.8) is 0 Å². The van der Waals surface area contributed by atoms with Crippen LogP contribution in [0.2, 0.25) is 5.02 Å². The molecule has 196 valence electrons. The van der Waals surface area contributed by atoms with Gasteiger partial charge in [0, 0.05) is 36.5 Å². The minimum absolute atomic E-state index is 0.289. The summed E-state index contributed by atoms with van der Waals surface area (Å²) < 4.78 is 38.4. The monoisotopic (exact) mass is 523 g/mol. The molecule has 3 heterocycles. The first-order chi connectivity index (χ1) is 17.1. The van der Waals surface area contributed by atoms with Crippen molar-refractivity contribution in [2.24, 2.45) is 16.6 Å². The highest BCUT2D eigenvalue weighted by atomic mass is 35.5. The summed E-state index contributed by atoms with van der Waals surface area (Å²) in [5.74, 6) is 1.43. The van der Waals surface area contributed by atoms with E-state index in [4.69, 9.17) is 17.3 Å². The predicted molar refractivity (Wildman–Crippen MR) is 137 cm³/mol. The number of hydrogen-bond acceptors (Lipinski definition) is 5. The molecule has 1 saturated carbocycles. The molecule has 1 aromatic carbocycles. The summed E-state index contributed by atoms with van der Waals surface area (Å²) in [5, 5.41) is 13.4. The normalized spacial score (nSPS) is 21.7. The van der Waals surface area contributed by atoms with E-state index in [1.165, 1.54) is 44.2 Å². The average molecular weight is 524 g/mol. The highest BCUT2D eigenvalue weighted by molar-refractivity contribution is 6.31. The number of nitrogens with two attached hydrogens (primary N) is 1. The molecule has 2 aliphatic heterocycles. The SMILES string of the molecule is CN1CCC(O)(c2ccc(Cl)c(C(F)(F)F)c2)CC1.N/C(=C1\NC=Nc2[nH]ccc21)C1CCCCC1. The number of nitrogens with zero attached hydrogens (tertiary/aromatic N) is 2. The van der Waals surface area contributed by atoms with Gasteiger partial charge in [-0.25, -0.2) is 4.99 Å². The maximum atomic E-state index is 12.8. The summed E-state index contributed by atoms with van der Waals surface area (Å²) in [7, 11) is 1.92. The van der Waals surface area contributed by atoms with Gasteiger partial charge in [0.05, 0.1) is 28.2 Å². The Hall–Kier alpha value is -2.49. The van der Waals surface area contributed by atoms with Crippen molar-refractivity contribution in [3.05, 3.63) is 57.9 Å². The first kappa shape index (κ1) is 26.6. The Balaban J connectivity index is 0.000000170. The fourth-order valence-corrected chi connectivity index (χ4v) is 5.30. The molecule has 1 saturated heterocycles. The Morgan fingerprint density at radius 2 is 1.86 bits per heavy atom. The van der Waals surface area contributed by atoms with Gasteiger partial charge in [-0.3, -0.25) is 0 Å². The number of likely N-dealkylation sites (tertiary alicyclic amines) is 1. The summed E-state index contributed by atoms with van der Waals surface area (Å²) in [6.07, 6.45) is 6.33. The maximum absolute atomic E-state index is 12.8. The molecule has 0 bridgehead atoms. The van der Waals surface area contributed by atoms with E-state index in [9.17, 15) is 18.3 Å². The fourth-order valence-electron chi connectivity index (χ4n) is 5.07. The first-order valence-electron chi connectivity index (χ1n) is 12.3. The molecule has 3 aliphatic rings. The number of alkyl halides is 3. The van der Waals surface area contributed by atoms with Crippen LogP contribution in [0.4, 0.5) is 19.0 Å². The van der Waals surface area contributed by atoms with E-state index in [1.54, 1.807) is 6.34 Å². The molecular weight excluding hydrogens is 491 g/mol. The van der Waals surface area contributed by atoms with Crippen molar-refractivity contribution < 1.29 is 18.3 Å². The quantitative estimate of drug-likeness (QED) is 0.403. The lowest BCUT2D eigenvalue weighted by Gasteiger charge is -2.37. The van der Waals surface area contributed by atoms with E-state index in [1.807, 2.05) is 24.2 Å². The van der Waals surface area contributed by atoms with Crippen LogP contribution < -0.4 is 11.1 Å². The summed E-state index contributed by atoms with van der Waals surface area (Å²) in [4.78, 5) is 9.40. The summed E-state index contributed by atoms with van der Waals surface area (Å²) in [6.45, 7) is 1.31. The maximum Gasteiger partial charge on any atom is 0.417 e. The Kier molecular flexibility index (Phi) is 8.02. The highest BCUT2D eigenvalue weighted by Gasteiger charge is 2.38. The van der Waals surface area contributed by atoms with Crippen LogP contribution in [0.25, 0.3) is 5.70 Å². The van der Waals surface area contributed by atoms with Gasteiger partial charge >= 0.3 is 6.18 Å². The Morgan fingerprint density at radius 3 is 2.53 bits per heavy atom. The molecule has 6 nitrogen and oxygen atoms in total. The molecule has 0 unspecified atom stereocenters.